The van der Waals surface area contributed by atoms with Crippen molar-refractivity contribution in [2.24, 2.45) is 0 Å². The van der Waals surface area contributed by atoms with Crippen molar-refractivity contribution < 1.29 is 14.3 Å². The van der Waals surface area contributed by atoms with Gasteiger partial charge in [-0.05, 0) is 18.9 Å². The molecule has 4 heteroatoms. The predicted molar refractivity (Wildman–Crippen MR) is 48.3 cm³/mol. The zero-order valence-electron chi connectivity index (χ0n) is 7.86. The van der Waals surface area contributed by atoms with E-state index >= 15 is 0 Å². The first-order valence-electron chi connectivity index (χ1n) is 4.44. The molecule has 1 saturated heterocycles. The van der Waals surface area contributed by atoms with Gasteiger partial charge in [0.2, 0.25) is 0 Å². The van der Waals surface area contributed by atoms with Crippen LogP contribution >= 0.6 is 0 Å². The van der Waals surface area contributed by atoms with E-state index in [1.165, 1.54) is 6.26 Å². The Morgan fingerprint density at radius 1 is 1.46 bits per heavy atom. The predicted octanol–water partition coefficient (Wildman–Crippen LogP) is 1.38. The first-order valence-corrected chi connectivity index (χ1v) is 4.44. The van der Waals surface area contributed by atoms with Crippen LogP contribution in [-0.4, -0.2) is 37.8 Å². The zero-order chi connectivity index (χ0) is 9.52. The molecule has 1 aliphatic rings. The summed E-state index contributed by atoms with van der Waals surface area (Å²) in [4.78, 5) is 12.9. The zero-order valence-corrected chi connectivity index (χ0v) is 7.86. The third kappa shape index (κ3) is 3.46. The molecule has 0 N–H and O–H groups in total. The molecule has 0 aromatic heterocycles. The largest absolute Gasteiger partial charge is 0.418 e. The molecule has 1 amide bonds. The smallest absolute Gasteiger partial charge is 0.414 e. The Morgan fingerprint density at radius 2 is 2.15 bits per heavy atom. The number of hydrogen-bond acceptors (Lipinski definition) is 3. The number of amides is 1. The minimum Gasteiger partial charge on any atom is -0.418 e. The minimum atomic E-state index is -0.259. The molecule has 4 nitrogen and oxygen atoms in total. The molecule has 1 heterocycles. The molecule has 74 valence electrons. The number of ether oxygens (including phenoxy) is 2. The Balaban J connectivity index is 2.16. The maximum atomic E-state index is 11.2. The molecule has 1 aliphatic heterocycles. The van der Waals surface area contributed by atoms with E-state index in [0.29, 0.717) is 6.61 Å². The molecular formula is C9H15NO3. The van der Waals surface area contributed by atoms with Crippen LogP contribution in [-0.2, 0) is 9.47 Å². The fourth-order valence-electron chi connectivity index (χ4n) is 1.22. The molecule has 0 aromatic carbocycles. The van der Waals surface area contributed by atoms with E-state index in [4.69, 9.17) is 9.47 Å². The standard InChI is InChI=1S/C9H15NO3/c1-12-7-4-8-13-9(11)10-5-2-3-6-10/h4,8H,2-3,5-7H2,1H3/b8-4-. The lowest BCUT2D eigenvalue weighted by molar-refractivity contribution is 0.146. The van der Waals surface area contributed by atoms with Gasteiger partial charge in [0.05, 0.1) is 12.9 Å². The number of hydrogen-bond donors (Lipinski definition) is 0. The van der Waals surface area contributed by atoms with Crippen LogP contribution in [0.5, 0.6) is 0 Å². The number of nitrogens with zero attached hydrogens (tertiary/aromatic N) is 1. The number of carbonyl (C=O) groups excluding carboxylic acids is 1. The summed E-state index contributed by atoms with van der Waals surface area (Å²) in [5, 5.41) is 0. The van der Waals surface area contributed by atoms with Crippen LogP contribution in [0.25, 0.3) is 0 Å². The van der Waals surface area contributed by atoms with Crippen LogP contribution in [0.1, 0.15) is 12.8 Å². The van der Waals surface area contributed by atoms with E-state index < -0.39 is 0 Å². The van der Waals surface area contributed by atoms with Crippen molar-refractivity contribution in [3.63, 3.8) is 0 Å². The van der Waals surface area contributed by atoms with Gasteiger partial charge in [0.1, 0.15) is 0 Å². The second kappa shape index (κ2) is 5.59. The summed E-state index contributed by atoms with van der Waals surface area (Å²) >= 11 is 0. The van der Waals surface area contributed by atoms with Crippen LogP contribution in [0, 0.1) is 0 Å². The van der Waals surface area contributed by atoms with Gasteiger partial charge in [-0.3, -0.25) is 0 Å². The highest BCUT2D eigenvalue weighted by Gasteiger charge is 2.17. The molecule has 0 aliphatic carbocycles. The molecule has 0 spiro atoms. The van der Waals surface area contributed by atoms with Gasteiger partial charge >= 0.3 is 6.09 Å². The van der Waals surface area contributed by atoms with Gasteiger partial charge < -0.3 is 14.4 Å². The molecular weight excluding hydrogens is 170 g/mol. The average Bonchev–Trinajstić information content (AvgIpc) is 2.65. The van der Waals surface area contributed by atoms with Crippen molar-refractivity contribution in [1.29, 1.82) is 0 Å². The van der Waals surface area contributed by atoms with Gasteiger partial charge in [-0.2, -0.15) is 0 Å². The van der Waals surface area contributed by atoms with Crippen molar-refractivity contribution in [1.82, 2.24) is 4.90 Å². The average molecular weight is 185 g/mol. The third-order valence-corrected chi connectivity index (χ3v) is 1.89. The number of rotatable bonds is 3. The van der Waals surface area contributed by atoms with Crippen molar-refractivity contribution in [2.75, 3.05) is 26.8 Å². The molecule has 1 fully saturated rings. The van der Waals surface area contributed by atoms with Crippen LogP contribution in [0.4, 0.5) is 4.79 Å². The SMILES string of the molecule is COC/C=C\OC(=O)N1CCCC1. The van der Waals surface area contributed by atoms with E-state index in [-0.39, 0.29) is 6.09 Å². The lowest BCUT2D eigenvalue weighted by atomic mass is 10.4. The van der Waals surface area contributed by atoms with Gasteiger partial charge in [0, 0.05) is 20.2 Å². The summed E-state index contributed by atoms with van der Waals surface area (Å²) in [7, 11) is 1.59. The molecule has 13 heavy (non-hydrogen) atoms. The van der Waals surface area contributed by atoms with Crippen molar-refractivity contribution in [3.05, 3.63) is 12.3 Å². The van der Waals surface area contributed by atoms with Crippen molar-refractivity contribution >= 4 is 6.09 Å². The molecule has 0 radical (unpaired) electrons. The van der Waals surface area contributed by atoms with Gasteiger partial charge in [-0.15, -0.1) is 0 Å². The van der Waals surface area contributed by atoms with Gasteiger partial charge in [0.15, 0.2) is 0 Å². The Kier molecular flexibility index (Phi) is 4.32. The Bertz CT molecular complexity index is 185. The van der Waals surface area contributed by atoms with Gasteiger partial charge in [-0.25, -0.2) is 4.79 Å². The summed E-state index contributed by atoms with van der Waals surface area (Å²) in [5.41, 5.74) is 0. The van der Waals surface area contributed by atoms with E-state index in [9.17, 15) is 4.79 Å². The fraction of sp³-hybridized carbons (Fsp3) is 0.667. The second-order valence-corrected chi connectivity index (χ2v) is 2.91. The maximum Gasteiger partial charge on any atom is 0.414 e. The topological polar surface area (TPSA) is 38.8 Å². The molecule has 0 saturated carbocycles. The molecule has 0 bridgehead atoms. The highest BCUT2D eigenvalue weighted by atomic mass is 16.5. The molecule has 0 unspecified atom stereocenters. The van der Waals surface area contributed by atoms with Gasteiger partial charge in [0.25, 0.3) is 0 Å². The highest BCUT2D eigenvalue weighted by Crippen LogP contribution is 2.08. The number of methoxy groups -OCH3 is 1. The van der Waals surface area contributed by atoms with Crippen molar-refractivity contribution in [3.8, 4) is 0 Å². The monoisotopic (exact) mass is 185 g/mol. The van der Waals surface area contributed by atoms with Gasteiger partial charge in [-0.1, -0.05) is 0 Å². The first-order chi connectivity index (χ1) is 6.34. The summed E-state index contributed by atoms with van der Waals surface area (Å²) < 4.78 is 9.61. The highest BCUT2D eigenvalue weighted by molar-refractivity contribution is 5.68. The fourth-order valence-corrected chi connectivity index (χ4v) is 1.22. The molecule has 0 atom stereocenters. The van der Waals surface area contributed by atoms with E-state index in [1.54, 1.807) is 18.1 Å². The van der Waals surface area contributed by atoms with Crippen molar-refractivity contribution in [2.45, 2.75) is 12.8 Å². The summed E-state index contributed by atoms with van der Waals surface area (Å²) in [6, 6.07) is 0. The number of likely N-dealkylation sites (tertiary alicyclic amines) is 1. The number of carbonyl (C=O) groups is 1. The minimum absolute atomic E-state index is 0.259. The normalized spacial score (nSPS) is 16.8. The Labute approximate surface area is 78.1 Å². The summed E-state index contributed by atoms with van der Waals surface area (Å²) in [6.07, 6.45) is 4.94. The quantitative estimate of drug-likeness (QED) is 0.623. The Hall–Kier alpha value is -1.03. The first kappa shape index (κ1) is 10.1. The van der Waals surface area contributed by atoms with E-state index in [1.807, 2.05) is 0 Å². The molecule has 1 rings (SSSR count). The van der Waals surface area contributed by atoms with Crippen LogP contribution < -0.4 is 0 Å². The maximum absolute atomic E-state index is 11.2. The van der Waals surface area contributed by atoms with E-state index in [0.717, 1.165) is 25.9 Å². The summed E-state index contributed by atoms with van der Waals surface area (Å²) in [5.74, 6) is 0. The van der Waals surface area contributed by atoms with Crippen LogP contribution in [0.2, 0.25) is 0 Å². The lowest BCUT2D eigenvalue weighted by Crippen LogP contribution is -2.26. The van der Waals surface area contributed by atoms with Crippen LogP contribution in [0.15, 0.2) is 12.3 Å². The van der Waals surface area contributed by atoms with E-state index in [2.05, 4.69) is 0 Å². The second-order valence-electron chi connectivity index (χ2n) is 2.91. The molecule has 0 aromatic rings. The lowest BCUT2D eigenvalue weighted by Gasteiger charge is -2.12. The van der Waals surface area contributed by atoms with Crippen LogP contribution in [0.3, 0.4) is 0 Å². The third-order valence-electron chi connectivity index (χ3n) is 1.89. The Morgan fingerprint density at radius 3 is 2.77 bits per heavy atom. The summed E-state index contributed by atoms with van der Waals surface area (Å²) in [6.45, 7) is 2.10.